The minimum Gasteiger partial charge on any atom is -0.444 e. The molecule has 0 radical (unpaired) electrons. The Morgan fingerprint density at radius 2 is 1.97 bits per heavy atom. The van der Waals surface area contributed by atoms with Gasteiger partial charge in [-0.05, 0) is 82.9 Å². The van der Waals surface area contributed by atoms with Crippen LogP contribution in [-0.2, 0) is 17.7 Å². The molecule has 7 nitrogen and oxygen atoms in total. The van der Waals surface area contributed by atoms with Gasteiger partial charge in [0.1, 0.15) is 5.60 Å². The molecule has 0 saturated heterocycles. The van der Waals surface area contributed by atoms with Crippen molar-refractivity contribution in [3.63, 3.8) is 0 Å². The van der Waals surface area contributed by atoms with Crippen LogP contribution in [0.2, 0.25) is 5.02 Å². The van der Waals surface area contributed by atoms with E-state index in [1.54, 1.807) is 4.90 Å². The fourth-order valence-corrected chi connectivity index (χ4v) is 5.05. The molecule has 2 aromatic carbocycles. The predicted molar refractivity (Wildman–Crippen MR) is 141 cm³/mol. The third kappa shape index (κ3) is 4.48. The van der Waals surface area contributed by atoms with Crippen LogP contribution in [0.4, 0.5) is 4.79 Å². The molecule has 3 heterocycles. The lowest BCUT2D eigenvalue weighted by molar-refractivity contribution is 0.0224. The van der Waals surface area contributed by atoms with E-state index in [-0.39, 0.29) is 6.09 Å². The molecule has 1 aliphatic rings. The van der Waals surface area contributed by atoms with Crippen LogP contribution < -0.4 is 0 Å². The van der Waals surface area contributed by atoms with Gasteiger partial charge >= 0.3 is 6.09 Å². The van der Waals surface area contributed by atoms with Crippen molar-refractivity contribution < 1.29 is 14.1 Å². The minimum absolute atomic E-state index is 0.279. The Morgan fingerprint density at radius 3 is 2.69 bits per heavy atom. The van der Waals surface area contributed by atoms with E-state index in [0.29, 0.717) is 35.9 Å². The molecule has 1 aliphatic heterocycles. The largest absolute Gasteiger partial charge is 0.444 e. The maximum absolute atomic E-state index is 12.5. The van der Waals surface area contributed by atoms with E-state index in [1.807, 2.05) is 57.3 Å². The van der Waals surface area contributed by atoms with Crippen molar-refractivity contribution in [2.75, 3.05) is 6.54 Å². The molecule has 0 saturated carbocycles. The Hall–Kier alpha value is -3.32. The van der Waals surface area contributed by atoms with Crippen LogP contribution in [-0.4, -0.2) is 37.8 Å². The highest BCUT2D eigenvalue weighted by Crippen LogP contribution is 2.34. The summed E-state index contributed by atoms with van der Waals surface area (Å²) in [4.78, 5) is 19.0. The normalized spacial score (nSPS) is 13.9. The number of carbonyl (C=O) groups excluding carboxylic acids is 1. The maximum atomic E-state index is 12.5. The quantitative estimate of drug-likeness (QED) is 0.294. The second-order valence-corrected chi connectivity index (χ2v) is 11.1. The van der Waals surface area contributed by atoms with Crippen molar-refractivity contribution in [2.45, 2.75) is 66.2 Å². The molecular weight excluding hydrogens is 476 g/mol. The van der Waals surface area contributed by atoms with Crippen LogP contribution in [0.25, 0.3) is 33.7 Å². The molecule has 0 N–H and O–H groups in total. The van der Waals surface area contributed by atoms with Gasteiger partial charge in [-0.15, -0.1) is 0 Å². The van der Waals surface area contributed by atoms with Crippen LogP contribution >= 0.6 is 11.6 Å². The summed E-state index contributed by atoms with van der Waals surface area (Å²) in [7, 11) is 0. The first-order chi connectivity index (χ1) is 17.0. The van der Waals surface area contributed by atoms with Gasteiger partial charge in [-0.25, -0.2) is 4.79 Å². The molecule has 0 fully saturated rings. The molecule has 5 rings (SSSR count). The smallest absolute Gasteiger partial charge is 0.410 e. The van der Waals surface area contributed by atoms with Crippen molar-refractivity contribution in [3.8, 4) is 22.8 Å². The Balaban J connectivity index is 1.41. The number of ether oxygens (including phenoxy) is 1. The van der Waals surface area contributed by atoms with Gasteiger partial charge < -0.3 is 18.7 Å². The Kier molecular flexibility index (Phi) is 6.07. The van der Waals surface area contributed by atoms with Gasteiger partial charge in [-0.1, -0.05) is 28.9 Å². The lowest BCUT2D eigenvalue weighted by Gasteiger charge is -2.32. The number of aromatic nitrogens is 3. The molecule has 188 valence electrons. The third-order valence-electron chi connectivity index (χ3n) is 6.59. The Morgan fingerprint density at radius 1 is 1.19 bits per heavy atom. The fourth-order valence-electron chi connectivity index (χ4n) is 4.79. The maximum Gasteiger partial charge on any atom is 0.410 e. The van der Waals surface area contributed by atoms with Crippen molar-refractivity contribution in [2.24, 2.45) is 0 Å². The predicted octanol–water partition coefficient (Wildman–Crippen LogP) is 7.19. The lowest BCUT2D eigenvalue weighted by Crippen LogP contribution is -2.40. The average molecular weight is 507 g/mol. The van der Waals surface area contributed by atoms with Crippen LogP contribution in [0.15, 0.2) is 41.1 Å². The van der Waals surface area contributed by atoms with Gasteiger partial charge in [-0.3, -0.25) is 0 Å². The van der Waals surface area contributed by atoms with Crippen molar-refractivity contribution >= 4 is 28.6 Å². The molecule has 36 heavy (non-hydrogen) atoms. The highest BCUT2D eigenvalue weighted by atomic mass is 35.5. The molecule has 0 spiro atoms. The number of fused-ring (bicyclic) bond motifs is 2. The summed E-state index contributed by atoms with van der Waals surface area (Å²) >= 11 is 6.51. The van der Waals surface area contributed by atoms with Gasteiger partial charge in [0, 0.05) is 47.4 Å². The number of rotatable bonds is 3. The fraction of sp³-hybridized carbons (Fsp3) is 0.393. The molecule has 4 aromatic rings. The van der Waals surface area contributed by atoms with Crippen LogP contribution in [0.5, 0.6) is 0 Å². The summed E-state index contributed by atoms with van der Waals surface area (Å²) in [5.41, 5.74) is 5.77. The first-order valence-electron chi connectivity index (χ1n) is 12.3. The summed E-state index contributed by atoms with van der Waals surface area (Å²) in [6.07, 6.45) is 2.43. The van der Waals surface area contributed by atoms with Crippen molar-refractivity contribution in [1.82, 2.24) is 19.6 Å². The van der Waals surface area contributed by atoms with Crippen LogP contribution in [0.1, 0.15) is 57.4 Å². The van der Waals surface area contributed by atoms with Gasteiger partial charge in [0.25, 0.3) is 5.89 Å². The highest BCUT2D eigenvalue weighted by molar-refractivity contribution is 6.35. The Labute approximate surface area is 216 Å². The number of carbonyl (C=O) groups is 1. The molecule has 1 amide bonds. The summed E-state index contributed by atoms with van der Waals surface area (Å²) < 4.78 is 13.4. The summed E-state index contributed by atoms with van der Waals surface area (Å²) in [5, 5.41) is 5.94. The zero-order chi connectivity index (χ0) is 25.8. The zero-order valence-corrected chi connectivity index (χ0v) is 22.3. The van der Waals surface area contributed by atoms with E-state index >= 15 is 0 Å². The lowest BCUT2D eigenvalue weighted by atomic mass is 9.91. The van der Waals surface area contributed by atoms with Crippen LogP contribution in [0, 0.1) is 6.92 Å². The minimum atomic E-state index is -0.512. The number of amides is 1. The molecule has 0 bridgehead atoms. The first-order valence-corrected chi connectivity index (χ1v) is 12.6. The zero-order valence-electron chi connectivity index (χ0n) is 21.6. The van der Waals surface area contributed by atoms with E-state index in [2.05, 4.69) is 30.5 Å². The first kappa shape index (κ1) is 24.4. The second kappa shape index (κ2) is 8.96. The van der Waals surface area contributed by atoms with E-state index in [4.69, 9.17) is 25.8 Å². The number of benzene rings is 2. The molecular formula is C28H31ClN4O3. The van der Waals surface area contributed by atoms with Gasteiger partial charge in [0.2, 0.25) is 5.82 Å². The SMILES string of the molecule is Cc1c(-c2noc(-c3ccc4c(c3)c(Cl)cn4C(C)C)n2)ccc2c1CCN(C(=O)OC(C)(C)C)C2. The van der Waals surface area contributed by atoms with Gasteiger partial charge in [-0.2, -0.15) is 4.98 Å². The molecule has 0 atom stereocenters. The van der Waals surface area contributed by atoms with Gasteiger partial charge in [0.15, 0.2) is 0 Å². The van der Waals surface area contributed by atoms with Crippen LogP contribution in [0.3, 0.4) is 0 Å². The Bertz CT molecular complexity index is 1460. The van der Waals surface area contributed by atoms with Gasteiger partial charge in [0.05, 0.1) is 5.02 Å². The van der Waals surface area contributed by atoms with E-state index in [0.717, 1.165) is 39.6 Å². The monoisotopic (exact) mass is 506 g/mol. The molecule has 2 aromatic heterocycles. The van der Waals surface area contributed by atoms with Crippen molar-refractivity contribution in [3.05, 3.63) is 58.2 Å². The third-order valence-corrected chi connectivity index (χ3v) is 6.90. The summed E-state index contributed by atoms with van der Waals surface area (Å²) in [6.45, 7) is 13.1. The number of halogens is 1. The second-order valence-electron chi connectivity index (χ2n) is 10.7. The molecule has 0 unspecified atom stereocenters. The van der Waals surface area contributed by atoms with Crippen molar-refractivity contribution in [1.29, 1.82) is 0 Å². The van der Waals surface area contributed by atoms with E-state index < -0.39 is 5.60 Å². The topological polar surface area (TPSA) is 73.4 Å². The van der Waals surface area contributed by atoms with E-state index in [1.165, 1.54) is 5.56 Å². The molecule has 8 heteroatoms. The number of hydrogen-bond acceptors (Lipinski definition) is 5. The number of hydrogen-bond donors (Lipinski definition) is 0. The highest BCUT2D eigenvalue weighted by Gasteiger charge is 2.27. The van der Waals surface area contributed by atoms with E-state index in [9.17, 15) is 4.79 Å². The average Bonchev–Trinajstić information content (AvgIpc) is 3.43. The summed E-state index contributed by atoms with van der Waals surface area (Å²) in [5.74, 6) is 0.999. The summed E-state index contributed by atoms with van der Waals surface area (Å²) in [6, 6.07) is 10.4. The molecule has 0 aliphatic carbocycles. The standard InChI is InChI=1S/C28H31ClN4O3/c1-16(2)33-15-23(29)22-13-18(8-10-24(22)33)26-30-25(31-36-26)21-9-7-19-14-32(12-11-20(19)17(21)3)27(34)35-28(4,5)6/h7-10,13,15-16H,11-12,14H2,1-6H3. The number of nitrogens with zero attached hydrogens (tertiary/aromatic N) is 4.